The second-order valence-electron chi connectivity index (χ2n) is 7.17. The maximum Gasteiger partial charge on any atom is 0.259 e. The molecule has 2 saturated heterocycles. The first-order valence-corrected chi connectivity index (χ1v) is 8.91. The minimum absolute atomic E-state index is 0.113. The standard InChI is InChI=1S/C19H28N2O4/c1-12(2)17-10-21-9-13(8-14(21)11-25-17)20-19(22)18-15(23-3)6-5-7-16(18)24-4/h5-7,12-14,17H,8-11H2,1-4H3,(H,20,22)/t13-,14-,17+/m0/s1. The molecule has 0 bridgehead atoms. The number of carbonyl (C=O) groups excluding carboxylic acids is 1. The number of amides is 1. The van der Waals surface area contributed by atoms with Crippen LogP contribution < -0.4 is 14.8 Å². The normalized spacial score (nSPS) is 26.4. The van der Waals surface area contributed by atoms with Gasteiger partial charge < -0.3 is 19.5 Å². The van der Waals surface area contributed by atoms with Crippen molar-refractivity contribution in [3.05, 3.63) is 23.8 Å². The molecule has 0 spiro atoms. The van der Waals surface area contributed by atoms with Gasteiger partial charge in [0.2, 0.25) is 0 Å². The van der Waals surface area contributed by atoms with Crippen molar-refractivity contribution in [2.24, 2.45) is 5.92 Å². The number of hydrogen-bond donors (Lipinski definition) is 1. The number of methoxy groups -OCH3 is 2. The third kappa shape index (κ3) is 3.75. The highest BCUT2D eigenvalue weighted by molar-refractivity contribution is 5.99. The quantitative estimate of drug-likeness (QED) is 0.881. The van der Waals surface area contributed by atoms with Crippen molar-refractivity contribution in [3.63, 3.8) is 0 Å². The minimum Gasteiger partial charge on any atom is -0.496 e. The molecular weight excluding hydrogens is 320 g/mol. The molecule has 3 atom stereocenters. The van der Waals surface area contributed by atoms with Gasteiger partial charge in [-0.2, -0.15) is 0 Å². The van der Waals surface area contributed by atoms with Crippen molar-refractivity contribution in [3.8, 4) is 11.5 Å². The maximum atomic E-state index is 12.8. The Morgan fingerprint density at radius 2 is 1.92 bits per heavy atom. The fourth-order valence-electron chi connectivity index (χ4n) is 3.74. The summed E-state index contributed by atoms with van der Waals surface area (Å²) in [7, 11) is 3.12. The van der Waals surface area contributed by atoms with Crippen molar-refractivity contribution >= 4 is 5.91 Å². The molecule has 6 heteroatoms. The van der Waals surface area contributed by atoms with Gasteiger partial charge in [-0.3, -0.25) is 9.69 Å². The Bertz CT molecular complexity index is 597. The summed E-state index contributed by atoms with van der Waals surface area (Å²) in [4.78, 5) is 15.3. The van der Waals surface area contributed by atoms with Gasteiger partial charge in [0.25, 0.3) is 5.91 Å². The van der Waals surface area contributed by atoms with Gasteiger partial charge in [-0.05, 0) is 24.5 Å². The van der Waals surface area contributed by atoms with Crippen molar-refractivity contribution in [1.82, 2.24) is 10.2 Å². The Balaban J connectivity index is 1.67. The lowest BCUT2D eigenvalue weighted by Crippen LogP contribution is -2.48. The molecule has 1 amide bonds. The van der Waals surface area contributed by atoms with Gasteiger partial charge in [0.05, 0.1) is 26.9 Å². The number of rotatable bonds is 5. The van der Waals surface area contributed by atoms with Crippen LogP contribution in [-0.2, 0) is 4.74 Å². The van der Waals surface area contributed by atoms with Gasteiger partial charge in [-0.15, -0.1) is 0 Å². The number of nitrogens with zero attached hydrogens (tertiary/aromatic N) is 1. The number of benzene rings is 1. The number of fused-ring (bicyclic) bond motifs is 1. The van der Waals surface area contributed by atoms with Crippen LogP contribution >= 0.6 is 0 Å². The fraction of sp³-hybridized carbons (Fsp3) is 0.632. The molecule has 138 valence electrons. The molecule has 0 saturated carbocycles. The summed E-state index contributed by atoms with van der Waals surface area (Å²) in [5, 5.41) is 3.15. The molecule has 2 aliphatic heterocycles. The zero-order chi connectivity index (χ0) is 18.0. The summed E-state index contributed by atoms with van der Waals surface area (Å²) in [6, 6.07) is 5.86. The first-order chi connectivity index (χ1) is 12.0. The van der Waals surface area contributed by atoms with E-state index in [-0.39, 0.29) is 18.1 Å². The first-order valence-electron chi connectivity index (χ1n) is 8.91. The second-order valence-corrected chi connectivity index (χ2v) is 7.17. The number of ether oxygens (including phenoxy) is 3. The SMILES string of the molecule is COc1cccc(OC)c1C(=O)N[C@H]1C[C@H]2CO[C@@H](C(C)C)CN2C1. The van der Waals surface area contributed by atoms with E-state index in [4.69, 9.17) is 14.2 Å². The number of morpholine rings is 1. The Kier molecular flexibility index (Phi) is 5.49. The molecule has 2 heterocycles. The molecule has 6 nitrogen and oxygen atoms in total. The van der Waals surface area contributed by atoms with Crippen LogP contribution in [0.5, 0.6) is 11.5 Å². The first kappa shape index (κ1) is 18.0. The monoisotopic (exact) mass is 348 g/mol. The van der Waals surface area contributed by atoms with E-state index in [1.165, 1.54) is 0 Å². The average Bonchev–Trinajstić information content (AvgIpc) is 3.01. The second kappa shape index (κ2) is 7.62. The summed E-state index contributed by atoms with van der Waals surface area (Å²) in [5.74, 6) is 1.40. The third-order valence-electron chi connectivity index (χ3n) is 5.18. The Labute approximate surface area is 149 Å². The average molecular weight is 348 g/mol. The van der Waals surface area contributed by atoms with Gasteiger partial charge in [0.1, 0.15) is 17.1 Å². The van der Waals surface area contributed by atoms with E-state index in [1.807, 2.05) is 6.07 Å². The summed E-state index contributed by atoms with van der Waals surface area (Å²) in [5.41, 5.74) is 0.452. The van der Waals surface area contributed by atoms with Crippen molar-refractivity contribution < 1.29 is 19.0 Å². The topological polar surface area (TPSA) is 60.0 Å². The molecule has 3 rings (SSSR count). The number of carbonyl (C=O) groups is 1. The molecule has 25 heavy (non-hydrogen) atoms. The van der Waals surface area contributed by atoms with Gasteiger partial charge in [-0.1, -0.05) is 19.9 Å². The highest BCUT2D eigenvalue weighted by Crippen LogP contribution is 2.30. The van der Waals surface area contributed by atoms with Gasteiger partial charge in [0.15, 0.2) is 0 Å². The van der Waals surface area contributed by atoms with E-state index in [0.29, 0.717) is 29.0 Å². The van der Waals surface area contributed by atoms with E-state index in [0.717, 1.165) is 26.1 Å². The Morgan fingerprint density at radius 3 is 2.52 bits per heavy atom. The molecular formula is C19H28N2O4. The molecule has 1 aromatic carbocycles. The Morgan fingerprint density at radius 1 is 1.24 bits per heavy atom. The zero-order valence-corrected chi connectivity index (χ0v) is 15.5. The zero-order valence-electron chi connectivity index (χ0n) is 15.5. The van der Waals surface area contributed by atoms with Gasteiger partial charge in [0, 0.05) is 25.2 Å². The smallest absolute Gasteiger partial charge is 0.259 e. The van der Waals surface area contributed by atoms with Crippen molar-refractivity contribution in [2.45, 2.75) is 38.5 Å². The lowest BCUT2D eigenvalue weighted by molar-refractivity contribution is -0.0683. The molecule has 0 unspecified atom stereocenters. The highest BCUT2D eigenvalue weighted by Gasteiger charge is 2.39. The van der Waals surface area contributed by atoms with E-state index >= 15 is 0 Å². The molecule has 0 radical (unpaired) electrons. The molecule has 0 aromatic heterocycles. The van der Waals surface area contributed by atoms with Gasteiger partial charge >= 0.3 is 0 Å². The fourth-order valence-corrected chi connectivity index (χ4v) is 3.74. The van der Waals surface area contributed by atoms with Crippen LogP contribution in [0.15, 0.2) is 18.2 Å². The molecule has 1 N–H and O–H groups in total. The van der Waals surface area contributed by atoms with E-state index in [9.17, 15) is 4.79 Å². The molecule has 0 aliphatic carbocycles. The lowest BCUT2D eigenvalue weighted by atomic mass is 10.0. The predicted octanol–water partition coefficient (Wildman–Crippen LogP) is 1.93. The van der Waals surface area contributed by atoms with Crippen molar-refractivity contribution in [2.75, 3.05) is 33.9 Å². The van der Waals surface area contributed by atoms with Crippen LogP contribution in [0.1, 0.15) is 30.6 Å². The summed E-state index contributed by atoms with van der Waals surface area (Å²) >= 11 is 0. The van der Waals surface area contributed by atoms with Crippen molar-refractivity contribution in [1.29, 1.82) is 0 Å². The third-order valence-corrected chi connectivity index (χ3v) is 5.18. The largest absolute Gasteiger partial charge is 0.496 e. The molecule has 2 aliphatic rings. The van der Waals surface area contributed by atoms with Crippen LogP contribution in [0.25, 0.3) is 0 Å². The maximum absolute atomic E-state index is 12.8. The van der Waals surface area contributed by atoms with Crippen LogP contribution in [0.3, 0.4) is 0 Å². The molecule has 1 aromatic rings. The van der Waals surface area contributed by atoms with Gasteiger partial charge in [-0.25, -0.2) is 0 Å². The highest BCUT2D eigenvalue weighted by atomic mass is 16.5. The van der Waals surface area contributed by atoms with Crippen LogP contribution in [0.2, 0.25) is 0 Å². The van der Waals surface area contributed by atoms with Crippen LogP contribution in [-0.4, -0.2) is 62.9 Å². The predicted molar refractivity (Wildman–Crippen MR) is 95.4 cm³/mol. The number of hydrogen-bond acceptors (Lipinski definition) is 5. The van der Waals surface area contributed by atoms with Crippen LogP contribution in [0.4, 0.5) is 0 Å². The lowest BCUT2D eigenvalue weighted by Gasteiger charge is -2.36. The summed E-state index contributed by atoms with van der Waals surface area (Å²) in [6.45, 7) is 6.92. The van der Waals surface area contributed by atoms with E-state index in [1.54, 1.807) is 26.4 Å². The molecule has 2 fully saturated rings. The van der Waals surface area contributed by atoms with E-state index in [2.05, 4.69) is 24.1 Å². The Hall–Kier alpha value is -1.79. The number of nitrogens with one attached hydrogen (secondary N) is 1. The minimum atomic E-state index is -0.152. The van der Waals surface area contributed by atoms with E-state index < -0.39 is 0 Å². The summed E-state index contributed by atoms with van der Waals surface area (Å²) in [6.07, 6.45) is 1.19. The summed E-state index contributed by atoms with van der Waals surface area (Å²) < 4.78 is 16.6. The van der Waals surface area contributed by atoms with Crippen LogP contribution in [0, 0.1) is 5.92 Å².